The molecule has 0 heterocycles. The number of hydrogen-bond acceptors (Lipinski definition) is 8. The Morgan fingerprint density at radius 2 is 0.875 bits per heavy atom. The molecule has 40 heavy (non-hydrogen) atoms. The molecule has 0 fully saturated rings. The van der Waals surface area contributed by atoms with Crippen molar-refractivity contribution in [1.29, 1.82) is 0 Å². The van der Waals surface area contributed by atoms with Crippen LogP contribution in [-0.4, -0.2) is 74.1 Å². The monoisotopic (exact) mass is 633 g/mol. The molecule has 28 heteroatoms. The molecular formula is C12H6F15N5O8. The first kappa shape index (κ1) is 36.1. The summed E-state index contributed by atoms with van der Waals surface area (Å²) in [6, 6.07) is 0. The average Bonchev–Trinajstić information content (AvgIpc) is 2.75. The molecule has 0 radical (unpaired) electrons. The summed E-state index contributed by atoms with van der Waals surface area (Å²) >= 11 is 0. The molecule has 0 aliphatic rings. The Hall–Kier alpha value is -3.91. The van der Waals surface area contributed by atoms with Crippen molar-refractivity contribution in [2.45, 2.75) is 60.3 Å². The molecule has 0 aromatic carbocycles. The van der Waals surface area contributed by atoms with Crippen LogP contribution in [0.5, 0.6) is 0 Å². The highest BCUT2D eigenvalue weighted by Crippen LogP contribution is 2.62. The van der Waals surface area contributed by atoms with Gasteiger partial charge in [0.05, 0.1) is 6.42 Å². The van der Waals surface area contributed by atoms with Gasteiger partial charge in [-0.3, -0.25) is 50.8 Å². The summed E-state index contributed by atoms with van der Waals surface area (Å²) in [4.78, 5) is 47.8. The SMILES string of the molecule is O=C(CCC([N+](=O)[O-])([N+](=O)[O-])[N+](=O)[O-])NNC(=O)C(F)(F)C(F)(F)C(F)(F)C(F)(F)C(F)(F)C(F)(F)C(F)(F)F. The molecule has 0 aliphatic heterocycles. The fraction of sp³-hybridized carbons (Fsp3) is 0.833. The van der Waals surface area contributed by atoms with Crippen LogP contribution in [0.1, 0.15) is 12.8 Å². The van der Waals surface area contributed by atoms with E-state index in [0.29, 0.717) is 5.43 Å². The van der Waals surface area contributed by atoms with Gasteiger partial charge in [-0.25, -0.2) is 0 Å². The lowest BCUT2D eigenvalue weighted by molar-refractivity contribution is -0.970. The van der Waals surface area contributed by atoms with Gasteiger partial charge < -0.3 is 0 Å². The van der Waals surface area contributed by atoms with Gasteiger partial charge in [-0.2, -0.15) is 65.9 Å². The molecule has 0 bridgehead atoms. The summed E-state index contributed by atoms with van der Waals surface area (Å²) in [6.45, 7) is 0. The zero-order valence-electron chi connectivity index (χ0n) is 17.7. The number of nitrogens with zero attached hydrogens (tertiary/aromatic N) is 3. The van der Waals surface area contributed by atoms with Gasteiger partial charge in [0, 0.05) is 0 Å². The van der Waals surface area contributed by atoms with E-state index in [1.807, 2.05) is 0 Å². The molecule has 2 amide bonds. The summed E-state index contributed by atoms with van der Waals surface area (Å²) in [5.41, 5.74) is 0.443. The number of hydrazine groups is 1. The molecule has 0 rings (SSSR count). The maximum Gasteiger partial charge on any atom is 0.700 e. The minimum atomic E-state index is -8.70. The highest BCUT2D eigenvalue weighted by atomic mass is 19.4. The zero-order chi connectivity index (χ0) is 32.7. The van der Waals surface area contributed by atoms with Crippen LogP contribution >= 0.6 is 0 Å². The van der Waals surface area contributed by atoms with E-state index >= 15 is 0 Å². The molecule has 0 spiro atoms. The Bertz CT molecular complexity index is 1030. The van der Waals surface area contributed by atoms with E-state index in [9.17, 15) is 106 Å². The molecule has 0 aromatic heterocycles. The third kappa shape index (κ3) is 5.16. The van der Waals surface area contributed by atoms with E-state index in [1.54, 1.807) is 0 Å². The Morgan fingerprint density at radius 1 is 0.550 bits per heavy atom. The van der Waals surface area contributed by atoms with Gasteiger partial charge in [0.15, 0.2) is 21.2 Å². The topological polar surface area (TPSA) is 188 Å². The second kappa shape index (κ2) is 10.2. The number of nitro groups is 3. The third-order valence-corrected chi connectivity index (χ3v) is 4.49. The maximum atomic E-state index is 13.6. The zero-order valence-corrected chi connectivity index (χ0v) is 17.7. The number of halogens is 15. The van der Waals surface area contributed by atoms with E-state index in [2.05, 4.69) is 0 Å². The number of rotatable bonds is 12. The van der Waals surface area contributed by atoms with Crippen molar-refractivity contribution in [3.8, 4) is 0 Å². The normalized spacial score (nSPS) is 14.4. The van der Waals surface area contributed by atoms with Crippen molar-refractivity contribution < 1.29 is 90.2 Å². The Labute approximate surface area is 205 Å². The number of hydrogen-bond donors (Lipinski definition) is 2. The van der Waals surface area contributed by atoms with Crippen molar-refractivity contribution in [3.05, 3.63) is 30.3 Å². The number of amides is 2. The van der Waals surface area contributed by atoms with Crippen LogP contribution in [0.4, 0.5) is 65.9 Å². The summed E-state index contributed by atoms with van der Waals surface area (Å²) in [7, 11) is 0. The van der Waals surface area contributed by atoms with Crippen LogP contribution in [-0.2, 0) is 9.59 Å². The van der Waals surface area contributed by atoms with Gasteiger partial charge in [0.2, 0.25) is 5.91 Å². The Balaban J connectivity index is 6.07. The van der Waals surface area contributed by atoms with Crippen LogP contribution in [0.15, 0.2) is 0 Å². The van der Waals surface area contributed by atoms with E-state index in [0.717, 1.165) is 0 Å². The van der Waals surface area contributed by atoms with Crippen LogP contribution in [0.3, 0.4) is 0 Å². The highest BCUT2D eigenvalue weighted by Gasteiger charge is 2.94. The Morgan fingerprint density at radius 3 is 1.20 bits per heavy atom. The summed E-state index contributed by atoms with van der Waals surface area (Å²) in [6.07, 6.45) is -11.9. The molecule has 2 N–H and O–H groups in total. The van der Waals surface area contributed by atoms with Crippen molar-refractivity contribution >= 4 is 11.8 Å². The molecule has 0 saturated carbocycles. The molecule has 0 aliphatic carbocycles. The summed E-state index contributed by atoms with van der Waals surface area (Å²) < 4.78 is 196. The van der Waals surface area contributed by atoms with Crippen molar-refractivity contribution in [2.24, 2.45) is 0 Å². The van der Waals surface area contributed by atoms with E-state index in [1.165, 1.54) is 0 Å². The average molecular weight is 633 g/mol. The molecule has 0 atom stereocenters. The summed E-state index contributed by atoms with van der Waals surface area (Å²) in [5.74, 6) is -60.8. The maximum absolute atomic E-state index is 13.6. The second-order valence-corrected chi connectivity index (χ2v) is 6.99. The minimum Gasteiger partial charge on any atom is -0.273 e. The molecule has 0 unspecified atom stereocenters. The van der Waals surface area contributed by atoms with Crippen molar-refractivity contribution in [1.82, 2.24) is 10.9 Å². The first-order chi connectivity index (χ1) is 17.4. The lowest BCUT2D eigenvalue weighted by atomic mass is 9.91. The standard InChI is InChI=1S/C12H6F15N5O8/c13-6(14,4(34)29-28-3(33)1-2-5(30(35)36,31(37)38)32(39)40)7(15,16)8(17,18)9(19,20)10(21,22)11(23,24)12(25,26)27/h1-2H2,(H,28,33)(H,29,34). The van der Waals surface area contributed by atoms with Gasteiger partial charge in [0.25, 0.3) is 0 Å². The second-order valence-electron chi connectivity index (χ2n) is 6.99. The number of nitrogens with one attached hydrogen (secondary N) is 2. The summed E-state index contributed by atoms with van der Waals surface area (Å²) in [5, 5.41) is 31.9. The van der Waals surface area contributed by atoms with Crippen LogP contribution < -0.4 is 10.9 Å². The van der Waals surface area contributed by atoms with E-state index < -0.39 is 86.9 Å². The molecule has 0 saturated heterocycles. The molecule has 0 aromatic rings. The largest absolute Gasteiger partial charge is 0.700 e. The Kier molecular flexibility index (Phi) is 9.24. The van der Waals surface area contributed by atoms with Crippen molar-refractivity contribution in [3.63, 3.8) is 0 Å². The van der Waals surface area contributed by atoms with Gasteiger partial charge in [-0.05, 0) is 0 Å². The van der Waals surface area contributed by atoms with Gasteiger partial charge in [0.1, 0.15) is 0 Å². The van der Waals surface area contributed by atoms with Gasteiger partial charge in [-0.1, -0.05) is 0 Å². The number of carbonyl (C=O) groups is 2. The molecule has 13 nitrogen and oxygen atoms in total. The predicted octanol–water partition coefficient (Wildman–Crippen LogP) is 2.77. The third-order valence-electron chi connectivity index (χ3n) is 4.49. The van der Waals surface area contributed by atoms with E-state index in [-0.39, 0.29) is 5.43 Å². The minimum absolute atomic E-state index is 0.00238. The fourth-order valence-corrected chi connectivity index (χ4v) is 2.13. The lowest BCUT2D eigenvalue weighted by Crippen LogP contribution is -2.74. The molecular weight excluding hydrogens is 627 g/mol. The molecule has 232 valence electrons. The number of alkyl halides is 15. The van der Waals surface area contributed by atoms with Gasteiger partial charge in [-0.15, -0.1) is 0 Å². The van der Waals surface area contributed by atoms with E-state index in [4.69, 9.17) is 0 Å². The smallest absolute Gasteiger partial charge is 0.273 e. The fourth-order valence-electron chi connectivity index (χ4n) is 2.13. The first-order valence-electron chi connectivity index (χ1n) is 8.72. The predicted molar refractivity (Wildman–Crippen MR) is 85.0 cm³/mol. The van der Waals surface area contributed by atoms with Crippen molar-refractivity contribution in [2.75, 3.05) is 0 Å². The van der Waals surface area contributed by atoms with Crippen LogP contribution in [0.25, 0.3) is 0 Å². The quantitative estimate of drug-likeness (QED) is 0.142. The lowest BCUT2D eigenvalue weighted by Gasteiger charge is -2.41. The first-order valence-corrected chi connectivity index (χ1v) is 8.72. The van der Waals surface area contributed by atoms with Gasteiger partial charge >= 0.3 is 53.4 Å². The highest BCUT2D eigenvalue weighted by molar-refractivity contribution is 5.87. The van der Waals surface area contributed by atoms with Crippen LogP contribution in [0.2, 0.25) is 0 Å². The van der Waals surface area contributed by atoms with Crippen LogP contribution in [0, 0.1) is 30.3 Å². The number of carbonyl (C=O) groups excluding carboxylic acids is 2.